The highest BCUT2D eigenvalue weighted by Crippen LogP contribution is 2.04. The highest BCUT2D eigenvalue weighted by Gasteiger charge is 2.14. The molecule has 0 rings (SSSR count). The molecule has 0 aromatic heterocycles. The van der Waals surface area contributed by atoms with Gasteiger partial charge in [0.1, 0.15) is 6.61 Å². The molecule has 6 nitrogen and oxygen atoms in total. The summed E-state index contributed by atoms with van der Waals surface area (Å²) in [4.78, 5) is 33.8. The van der Waals surface area contributed by atoms with Crippen molar-refractivity contribution >= 4 is 17.8 Å². The highest BCUT2D eigenvalue weighted by atomic mass is 16.5. The van der Waals surface area contributed by atoms with E-state index in [-0.39, 0.29) is 19.1 Å². The van der Waals surface area contributed by atoms with Crippen molar-refractivity contribution in [2.24, 2.45) is 0 Å². The van der Waals surface area contributed by atoms with Crippen molar-refractivity contribution in [2.45, 2.75) is 26.8 Å². The predicted molar refractivity (Wildman–Crippen MR) is 87.4 cm³/mol. The molecule has 0 aliphatic heterocycles. The lowest BCUT2D eigenvalue weighted by Gasteiger charge is -2.17. The van der Waals surface area contributed by atoms with E-state index in [4.69, 9.17) is 4.74 Å². The fourth-order valence-electron chi connectivity index (χ4n) is 1.43. The monoisotopic (exact) mass is 321 g/mol. The summed E-state index contributed by atoms with van der Waals surface area (Å²) < 4.78 is 9.64. The molecule has 0 fully saturated rings. The molecule has 0 heterocycles. The van der Waals surface area contributed by atoms with Gasteiger partial charge in [-0.1, -0.05) is 30.9 Å². The van der Waals surface area contributed by atoms with E-state index in [2.05, 4.69) is 16.6 Å². The minimum absolute atomic E-state index is 0.0927. The fraction of sp³-hybridized carbons (Fsp3) is 0.353. The lowest BCUT2D eigenvalue weighted by molar-refractivity contribution is -0.140. The van der Waals surface area contributed by atoms with Gasteiger partial charge in [-0.25, -0.2) is 9.59 Å². The molecular weight excluding hydrogens is 298 g/mol. The van der Waals surface area contributed by atoms with Crippen LogP contribution in [-0.4, -0.2) is 37.1 Å². The second kappa shape index (κ2) is 12.0. The quantitative estimate of drug-likeness (QED) is 0.398. The molecule has 1 amide bonds. The van der Waals surface area contributed by atoms with Crippen LogP contribution >= 0.6 is 0 Å². The van der Waals surface area contributed by atoms with Gasteiger partial charge >= 0.3 is 11.9 Å². The molecule has 0 saturated heterocycles. The summed E-state index contributed by atoms with van der Waals surface area (Å²) >= 11 is 0. The second-order valence-corrected chi connectivity index (χ2v) is 4.43. The summed E-state index contributed by atoms with van der Waals surface area (Å²) in [5.74, 6) is -1.60. The van der Waals surface area contributed by atoms with Gasteiger partial charge in [0, 0.05) is 19.1 Å². The van der Waals surface area contributed by atoms with E-state index in [9.17, 15) is 14.4 Å². The van der Waals surface area contributed by atoms with Crippen molar-refractivity contribution < 1.29 is 23.9 Å². The average molecular weight is 321 g/mol. The van der Waals surface area contributed by atoms with E-state index in [0.717, 1.165) is 12.2 Å². The topological polar surface area (TPSA) is 81.7 Å². The van der Waals surface area contributed by atoms with Crippen LogP contribution in [0.15, 0.2) is 48.6 Å². The molecule has 1 atom stereocenters. The molecule has 6 heteroatoms. The number of hydrogen-bond acceptors (Lipinski definition) is 5. The molecule has 0 aliphatic carbocycles. The summed E-state index contributed by atoms with van der Waals surface area (Å²) in [6.45, 7) is 8.86. The zero-order valence-electron chi connectivity index (χ0n) is 13.7. The van der Waals surface area contributed by atoms with E-state index < -0.39 is 18.0 Å². The number of carbonyl (C=O) groups excluding carboxylic acids is 3. The lowest BCUT2D eigenvalue weighted by atomic mass is 10.1. The lowest BCUT2D eigenvalue weighted by Crippen LogP contribution is -2.38. The number of esters is 2. The maximum absolute atomic E-state index is 11.5. The molecular formula is C17H23NO5. The minimum Gasteiger partial charge on any atom is -0.463 e. The molecule has 1 N–H and O–H groups in total. The van der Waals surface area contributed by atoms with Crippen LogP contribution in [0.1, 0.15) is 20.8 Å². The van der Waals surface area contributed by atoms with Gasteiger partial charge in [-0.05, 0) is 19.4 Å². The van der Waals surface area contributed by atoms with Crippen molar-refractivity contribution in [2.75, 3.05) is 13.2 Å². The van der Waals surface area contributed by atoms with E-state index >= 15 is 0 Å². The standard InChI is InChI=1S/C17H23NO5/c1-5-7-8-9-13(3)15(18-14(4)19)12-23-17(21)11-10-16(20)22-6-2/h5,7-11,15H,3,6,12H2,1-2,4H3,(H,18,19)/b7-5-,9-8-,11-10+/t15-/m1/s1. The van der Waals surface area contributed by atoms with Crippen molar-refractivity contribution in [1.29, 1.82) is 0 Å². The molecule has 0 radical (unpaired) electrons. The first-order chi connectivity index (χ1) is 10.9. The van der Waals surface area contributed by atoms with E-state index in [1.54, 1.807) is 19.1 Å². The Morgan fingerprint density at radius 1 is 1.09 bits per heavy atom. The Hall–Kier alpha value is -2.63. The van der Waals surface area contributed by atoms with Crippen molar-refractivity contribution in [1.82, 2.24) is 5.32 Å². The van der Waals surface area contributed by atoms with E-state index in [0.29, 0.717) is 5.57 Å². The van der Waals surface area contributed by atoms with Crippen molar-refractivity contribution in [3.8, 4) is 0 Å². The van der Waals surface area contributed by atoms with Crippen molar-refractivity contribution in [3.63, 3.8) is 0 Å². The van der Waals surface area contributed by atoms with Crippen LogP contribution in [0.4, 0.5) is 0 Å². The third kappa shape index (κ3) is 10.7. The zero-order chi connectivity index (χ0) is 17.7. The van der Waals surface area contributed by atoms with Crippen LogP contribution < -0.4 is 5.32 Å². The number of rotatable bonds is 9. The highest BCUT2D eigenvalue weighted by molar-refractivity contribution is 5.91. The first-order valence-electron chi connectivity index (χ1n) is 7.17. The normalized spacial score (nSPS) is 12.5. The Balaban J connectivity index is 4.60. The molecule has 0 aromatic carbocycles. The van der Waals surface area contributed by atoms with E-state index in [1.807, 2.05) is 19.1 Å². The average Bonchev–Trinajstić information content (AvgIpc) is 2.49. The molecule has 0 unspecified atom stereocenters. The first-order valence-corrected chi connectivity index (χ1v) is 7.17. The number of carbonyl (C=O) groups is 3. The fourth-order valence-corrected chi connectivity index (χ4v) is 1.43. The third-order valence-corrected chi connectivity index (χ3v) is 2.47. The number of ether oxygens (including phenoxy) is 2. The molecule has 0 aromatic rings. The van der Waals surface area contributed by atoms with Crippen LogP contribution in [0.2, 0.25) is 0 Å². The number of amides is 1. The van der Waals surface area contributed by atoms with Crippen LogP contribution in [0.25, 0.3) is 0 Å². The Kier molecular flexibility index (Phi) is 10.6. The van der Waals surface area contributed by atoms with Gasteiger partial charge in [-0.15, -0.1) is 0 Å². The Morgan fingerprint density at radius 3 is 2.22 bits per heavy atom. The maximum atomic E-state index is 11.5. The van der Waals surface area contributed by atoms with Crippen LogP contribution in [0.3, 0.4) is 0 Å². The largest absolute Gasteiger partial charge is 0.463 e. The Labute approximate surface area is 136 Å². The number of allylic oxidation sites excluding steroid dienone is 3. The van der Waals surface area contributed by atoms with Crippen LogP contribution in [0.5, 0.6) is 0 Å². The molecule has 23 heavy (non-hydrogen) atoms. The smallest absolute Gasteiger partial charge is 0.331 e. The SMILES string of the molecule is C=C(/C=C\C=C/C)[C@@H](COC(=O)/C=C/C(=O)OCC)NC(C)=O. The Bertz CT molecular complexity index is 517. The maximum Gasteiger partial charge on any atom is 0.331 e. The third-order valence-electron chi connectivity index (χ3n) is 2.47. The summed E-state index contributed by atoms with van der Waals surface area (Å²) in [5, 5.41) is 2.64. The second-order valence-electron chi connectivity index (χ2n) is 4.43. The summed E-state index contributed by atoms with van der Waals surface area (Å²) in [7, 11) is 0. The molecule has 0 saturated carbocycles. The summed E-state index contributed by atoms with van der Waals surface area (Å²) in [6, 6.07) is -0.547. The summed E-state index contributed by atoms with van der Waals surface area (Å²) in [6.07, 6.45) is 9.09. The molecule has 0 spiro atoms. The van der Waals surface area contributed by atoms with Crippen molar-refractivity contribution in [3.05, 3.63) is 48.6 Å². The zero-order valence-corrected chi connectivity index (χ0v) is 13.7. The van der Waals surface area contributed by atoms with Gasteiger partial charge in [0.25, 0.3) is 0 Å². The molecule has 0 aliphatic rings. The molecule has 0 bridgehead atoms. The van der Waals surface area contributed by atoms with Gasteiger partial charge in [0.2, 0.25) is 5.91 Å². The van der Waals surface area contributed by atoms with Crippen LogP contribution in [0, 0.1) is 0 Å². The summed E-state index contributed by atoms with van der Waals surface area (Å²) in [5.41, 5.74) is 0.584. The van der Waals surface area contributed by atoms with Gasteiger partial charge < -0.3 is 14.8 Å². The van der Waals surface area contributed by atoms with Gasteiger partial charge in [-0.3, -0.25) is 4.79 Å². The van der Waals surface area contributed by atoms with Gasteiger partial charge in [0.05, 0.1) is 12.6 Å². The first kappa shape index (κ1) is 20.4. The van der Waals surface area contributed by atoms with Gasteiger partial charge in [-0.2, -0.15) is 0 Å². The number of nitrogens with one attached hydrogen (secondary N) is 1. The number of hydrogen-bond donors (Lipinski definition) is 1. The molecule has 126 valence electrons. The predicted octanol–water partition coefficient (Wildman–Crippen LogP) is 1.84. The Morgan fingerprint density at radius 2 is 1.70 bits per heavy atom. The minimum atomic E-state index is -0.710. The van der Waals surface area contributed by atoms with Gasteiger partial charge in [0.15, 0.2) is 0 Å². The van der Waals surface area contributed by atoms with Crippen LogP contribution in [-0.2, 0) is 23.9 Å². The van der Waals surface area contributed by atoms with E-state index in [1.165, 1.54) is 6.92 Å².